The van der Waals surface area contributed by atoms with E-state index in [1.54, 1.807) is 0 Å². The monoisotopic (exact) mass is 674 g/mol. The van der Waals surface area contributed by atoms with Gasteiger partial charge in [0.2, 0.25) is 0 Å². The molecular weight excluding hydrogens is 645 g/mol. The molecule has 0 saturated carbocycles. The number of rotatable bonds is 4. The summed E-state index contributed by atoms with van der Waals surface area (Å²) < 4.78 is 8.94. The smallest absolute Gasteiger partial charge is 0.159 e. The van der Waals surface area contributed by atoms with E-state index in [9.17, 15) is 0 Å². The number of furan rings is 1. The molecule has 0 N–H and O–H groups in total. The standard InChI is InChI=1S/C50H30N2O/c1-2-11-35(12-3-1)51(48-19-10-16-41-40-15-6-9-20-49(40)53-50(41)48)36-23-21-31-27-42-43-28-32-22-24-37(26-34(32)30-45(43)44(42)29-33(31)25-36)52-46-17-7-4-13-38(46)39-14-5-8-18-47(39)52/h1-30H. The maximum atomic E-state index is 6.54. The van der Waals surface area contributed by atoms with Gasteiger partial charge in [0.25, 0.3) is 0 Å². The minimum absolute atomic E-state index is 0.885. The number of anilines is 3. The van der Waals surface area contributed by atoms with E-state index in [1.165, 1.54) is 71.3 Å². The number of hydrogen-bond donors (Lipinski definition) is 0. The van der Waals surface area contributed by atoms with E-state index >= 15 is 0 Å². The third-order valence-corrected chi connectivity index (χ3v) is 11.2. The zero-order chi connectivity index (χ0) is 34.6. The zero-order valence-electron chi connectivity index (χ0n) is 28.6. The molecule has 2 heterocycles. The first-order chi connectivity index (χ1) is 26.3. The van der Waals surface area contributed by atoms with E-state index in [0.29, 0.717) is 0 Å². The second-order valence-electron chi connectivity index (χ2n) is 14.2. The molecule has 9 aromatic carbocycles. The van der Waals surface area contributed by atoms with E-state index < -0.39 is 0 Å². The lowest BCUT2D eigenvalue weighted by molar-refractivity contribution is 0.669. The van der Waals surface area contributed by atoms with Crippen LogP contribution < -0.4 is 4.90 Å². The second kappa shape index (κ2) is 10.7. The summed E-state index contributed by atoms with van der Waals surface area (Å²) >= 11 is 0. The number of fused-ring (bicyclic) bond motifs is 12. The Hall–Kier alpha value is -7.10. The molecule has 3 nitrogen and oxygen atoms in total. The molecule has 0 radical (unpaired) electrons. The molecule has 12 rings (SSSR count). The van der Waals surface area contributed by atoms with Crippen molar-refractivity contribution in [2.24, 2.45) is 0 Å². The molecule has 0 unspecified atom stereocenters. The number of benzene rings is 9. The van der Waals surface area contributed by atoms with Crippen LogP contribution in [0.25, 0.3) is 93.2 Å². The summed E-state index contributed by atoms with van der Waals surface area (Å²) in [5.74, 6) is 0. The summed E-state index contributed by atoms with van der Waals surface area (Å²) in [5.41, 5.74) is 13.9. The molecule has 246 valence electrons. The maximum Gasteiger partial charge on any atom is 0.159 e. The van der Waals surface area contributed by atoms with Crippen molar-refractivity contribution in [1.29, 1.82) is 0 Å². The highest BCUT2D eigenvalue weighted by atomic mass is 16.3. The van der Waals surface area contributed by atoms with Gasteiger partial charge >= 0.3 is 0 Å². The van der Waals surface area contributed by atoms with Gasteiger partial charge in [0, 0.05) is 38.6 Å². The molecule has 0 aliphatic heterocycles. The van der Waals surface area contributed by atoms with Gasteiger partial charge in [-0.05, 0) is 129 Å². The van der Waals surface area contributed by atoms with Crippen LogP contribution in [-0.4, -0.2) is 4.57 Å². The van der Waals surface area contributed by atoms with Crippen molar-refractivity contribution >= 4 is 82.4 Å². The van der Waals surface area contributed by atoms with Crippen molar-refractivity contribution in [3.05, 3.63) is 182 Å². The quantitative estimate of drug-likeness (QED) is 0.185. The zero-order valence-corrected chi connectivity index (χ0v) is 28.6. The van der Waals surface area contributed by atoms with E-state index in [-0.39, 0.29) is 0 Å². The van der Waals surface area contributed by atoms with Gasteiger partial charge < -0.3 is 13.9 Å². The molecule has 0 amide bonds. The van der Waals surface area contributed by atoms with Crippen LogP contribution in [0.2, 0.25) is 0 Å². The Morgan fingerprint density at radius 2 is 0.943 bits per heavy atom. The van der Waals surface area contributed by atoms with Crippen molar-refractivity contribution < 1.29 is 4.42 Å². The van der Waals surface area contributed by atoms with Crippen LogP contribution in [0.5, 0.6) is 0 Å². The molecule has 1 aliphatic rings. The van der Waals surface area contributed by atoms with Gasteiger partial charge in [-0.3, -0.25) is 0 Å². The van der Waals surface area contributed by atoms with Gasteiger partial charge in [0.05, 0.1) is 16.7 Å². The van der Waals surface area contributed by atoms with Gasteiger partial charge in [-0.1, -0.05) is 97.1 Å². The fourth-order valence-electron chi connectivity index (χ4n) is 8.79. The van der Waals surface area contributed by atoms with Crippen molar-refractivity contribution in [2.75, 3.05) is 4.90 Å². The number of hydrogen-bond acceptors (Lipinski definition) is 2. The molecular formula is C50H30N2O. The first kappa shape index (κ1) is 28.6. The molecule has 0 saturated heterocycles. The predicted octanol–water partition coefficient (Wildman–Crippen LogP) is 14.1. The van der Waals surface area contributed by atoms with E-state index in [0.717, 1.165) is 39.0 Å². The van der Waals surface area contributed by atoms with Crippen LogP contribution in [0, 0.1) is 0 Å². The summed E-state index contributed by atoms with van der Waals surface area (Å²) in [7, 11) is 0. The highest BCUT2D eigenvalue weighted by molar-refractivity contribution is 6.14. The van der Waals surface area contributed by atoms with Crippen LogP contribution >= 0.6 is 0 Å². The Balaban J connectivity index is 0.992. The third kappa shape index (κ3) is 4.10. The Morgan fingerprint density at radius 3 is 1.66 bits per heavy atom. The lowest BCUT2D eigenvalue weighted by Gasteiger charge is -2.28. The lowest BCUT2D eigenvalue weighted by Crippen LogP contribution is -2.10. The van der Waals surface area contributed by atoms with Crippen LogP contribution in [0.15, 0.2) is 186 Å². The Morgan fingerprint density at radius 1 is 0.377 bits per heavy atom. The van der Waals surface area contributed by atoms with Crippen LogP contribution in [0.3, 0.4) is 0 Å². The first-order valence-corrected chi connectivity index (χ1v) is 18.2. The normalized spacial score (nSPS) is 12.2. The Kier molecular flexibility index (Phi) is 5.77. The molecule has 1 aliphatic carbocycles. The first-order valence-electron chi connectivity index (χ1n) is 18.2. The predicted molar refractivity (Wildman–Crippen MR) is 222 cm³/mol. The number of nitrogens with zero attached hydrogens (tertiary/aromatic N) is 2. The summed E-state index contributed by atoms with van der Waals surface area (Å²) in [6.07, 6.45) is 0. The fourth-order valence-corrected chi connectivity index (χ4v) is 8.79. The molecule has 0 atom stereocenters. The van der Waals surface area contributed by atoms with Crippen molar-refractivity contribution in [3.63, 3.8) is 0 Å². The highest BCUT2D eigenvalue weighted by Gasteiger charge is 2.25. The maximum absolute atomic E-state index is 6.54. The Bertz CT molecular complexity index is 3240. The van der Waals surface area contributed by atoms with Crippen LogP contribution in [0.1, 0.15) is 0 Å². The van der Waals surface area contributed by atoms with Crippen molar-refractivity contribution in [3.8, 4) is 27.9 Å². The van der Waals surface area contributed by atoms with Crippen molar-refractivity contribution in [1.82, 2.24) is 4.57 Å². The molecule has 3 heteroatoms. The minimum Gasteiger partial charge on any atom is -0.454 e. The fraction of sp³-hybridized carbons (Fsp3) is 0. The van der Waals surface area contributed by atoms with Gasteiger partial charge in [-0.2, -0.15) is 0 Å². The largest absolute Gasteiger partial charge is 0.454 e. The van der Waals surface area contributed by atoms with Crippen molar-refractivity contribution in [2.45, 2.75) is 0 Å². The van der Waals surface area contributed by atoms with Crippen LogP contribution in [-0.2, 0) is 0 Å². The molecule has 0 spiro atoms. The van der Waals surface area contributed by atoms with Gasteiger partial charge in [0.15, 0.2) is 5.58 Å². The van der Waals surface area contributed by atoms with Gasteiger partial charge in [0.1, 0.15) is 5.58 Å². The average Bonchev–Trinajstić information content (AvgIpc) is 3.76. The van der Waals surface area contributed by atoms with Gasteiger partial charge in [-0.25, -0.2) is 0 Å². The minimum atomic E-state index is 0.885. The average molecular weight is 675 g/mol. The molecule has 53 heavy (non-hydrogen) atoms. The Labute approximate surface area is 305 Å². The number of para-hydroxylation sites is 5. The molecule has 2 aromatic heterocycles. The third-order valence-electron chi connectivity index (χ3n) is 11.2. The number of aromatic nitrogens is 1. The molecule has 11 aromatic rings. The van der Waals surface area contributed by atoms with E-state index in [2.05, 4.69) is 179 Å². The summed E-state index contributed by atoms with van der Waals surface area (Å²) in [6.45, 7) is 0. The summed E-state index contributed by atoms with van der Waals surface area (Å²) in [4.78, 5) is 2.32. The summed E-state index contributed by atoms with van der Waals surface area (Å²) in [5, 5.41) is 9.75. The molecule has 0 bridgehead atoms. The van der Waals surface area contributed by atoms with E-state index in [1.807, 2.05) is 12.1 Å². The molecule has 0 fully saturated rings. The topological polar surface area (TPSA) is 21.3 Å². The highest BCUT2D eigenvalue weighted by Crippen LogP contribution is 2.51. The SMILES string of the molecule is c1ccc(N(c2ccc3cc4c(cc3c2)-c2cc3cc(-n5c6ccccc6c6ccccc65)ccc3cc2-4)c2cccc3c2oc2ccccc23)cc1. The lowest BCUT2D eigenvalue weighted by atomic mass is 9.78. The van der Waals surface area contributed by atoms with Crippen LogP contribution in [0.4, 0.5) is 17.1 Å². The van der Waals surface area contributed by atoms with E-state index in [4.69, 9.17) is 4.42 Å². The second-order valence-corrected chi connectivity index (χ2v) is 14.2. The van der Waals surface area contributed by atoms with Gasteiger partial charge in [-0.15, -0.1) is 0 Å². The summed E-state index contributed by atoms with van der Waals surface area (Å²) in [6, 6.07) is 66.0.